The van der Waals surface area contributed by atoms with Gasteiger partial charge in [-0.15, -0.1) is 12.4 Å². The van der Waals surface area contributed by atoms with Crippen LogP contribution in [0.1, 0.15) is 30.4 Å². The zero-order chi connectivity index (χ0) is 16.0. The SMILES string of the molecule is COc1ccc2c3c1O[C@H]1C(=O)CC[C@@]4(O)[C@@H](C2)N(C)CC[C@]314.Cl.O. The van der Waals surface area contributed by atoms with Crippen LogP contribution in [0, 0.1) is 0 Å². The van der Waals surface area contributed by atoms with Crippen LogP contribution in [-0.2, 0) is 16.6 Å². The molecule has 4 atom stereocenters. The molecule has 0 amide bonds. The van der Waals surface area contributed by atoms with Crippen LogP contribution in [0.4, 0.5) is 0 Å². The first-order valence-corrected chi connectivity index (χ1v) is 8.35. The fraction of sp³-hybridized carbons (Fsp3) is 0.611. The van der Waals surface area contributed by atoms with Crippen molar-refractivity contribution in [2.45, 2.75) is 48.8 Å². The molecule has 2 heterocycles. The van der Waals surface area contributed by atoms with E-state index in [4.69, 9.17) is 9.47 Å². The average Bonchev–Trinajstić information content (AvgIpc) is 2.90. The fourth-order valence-corrected chi connectivity index (χ4v) is 5.69. The van der Waals surface area contributed by atoms with Gasteiger partial charge in [-0.2, -0.15) is 0 Å². The predicted molar refractivity (Wildman–Crippen MR) is 93.9 cm³/mol. The summed E-state index contributed by atoms with van der Waals surface area (Å²) in [6.45, 7) is 0.871. The second kappa shape index (κ2) is 5.58. The Kier molecular flexibility index (Phi) is 4.12. The van der Waals surface area contributed by atoms with Gasteiger partial charge >= 0.3 is 0 Å². The molecule has 2 aliphatic heterocycles. The van der Waals surface area contributed by atoms with Crippen molar-refractivity contribution in [2.24, 2.45) is 0 Å². The highest BCUT2D eigenvalue weighted by Gasteiger charge is 2.72. The van der Waals surface area contributed by atoms with Crippen molar-refractivity contribution < 1.29 is 24.9 Å². The van der Waals surface area contributed by atoms with Gasteiger partial charge in [-0.25, -0.2) is 0 Å². The van der Waals surface area contributed by atoms with Crippen LogP contribution in [-0.4, -0.2) is 59.7 Å². The van der Waals surface area contributed by atoms with Crippen LogP contribution in [0.3, 0.4) is 0 Å². The van der Waals surface area contributed by atoms with E-state index in [1.165, 1.54) is 5.56 Å². The van der Waals surface area contributed by atoms with Crippen molar-refractivity contribution >= 4 is 18.2 Å². The molecule has 1 saturated heterocycles. The van der Waals surface area contributed by atoms with Gasteiger partial charge in [0, 0.05) is 18.0 Å². The van der Waals surface area contributed by atoms with Gasteiger partial charge in [-0.1, -0.05) is 6.07 Å². The second-order valence-corrected chi connectivity index (χ2v) is 7.44. The summed E-state index contributed by atoms with van der Waals surface area (Å²) in [4.78, 5) is 14.9. The molecule has 1 aromatic rings. The molecule has 2 fully saturated rings. The first-order chi connectivity index (χ1) is 11.0. The van der Waals surface area contributed by atoms with Crippen LogP contribution >= 0.6 is 12.4 Å². The highest BCUT2D eigenvalue weighted by Crippen LogP contribution is 2.64. The van der Waals surface area contributed by atoms with Crippen molar-refractivity contribution in [1.82, 2.24) is 4.90 Å². The highest BCUT2D eigenvalue weighted by molar-refractivity contribution is 5.90. The number of carbonyl (C=O) groups excluding carboxylic acids is 1. The van der Waals surface area contributed by atoms with E-state index in [9.17, 15) is 9.90 Å². The summed E-state index contributed by atoms with van der Waals surface area (Å²) in [5.41, 5.74) is 0.737. The Hall–Kier alpha value is -1.34. The molecule has 2 aliphatic carbocycles. The number of rotatable bonds is 1. The minimum atomic E-state index is -0.900. The first kappa shape index (κ1) is 18.5. The number of ether oxygens (including phenoxy) is 2. The molecule has 1 spiro atoms. The normalized spacial score (nSPS) is 37.3. The maximum atomic E-state index is 12.7. The van der Waals surface area contributed by atoms with Crippen molar-refractivity contribution in [3.8, 4) is 11.5 Å². The van der Waals surface area contributed by atoms with Crippen LogP contribution in [0.2, 0.25) is 0 Å². The smallest absolute Gasteiger partial charge is 0.174 e. The lowest BCUT2D eigenvalue weighted by Crippen LogP contribution is -2.76. The molecular formula is C18H24ClNO5. The van der Waals surface area contributed by atoms with Gasteiger partial charge in [0.15, 0.2) is 23.4 Å². The summed E-state index contributed by atoms with van der Waals surface area (Å²) in [6, 6.07) is 4.05. The average molecular weight is 370 g/mol. The lowest BCUT2D eigenvalue weighted by molar-refractivity contribution is -0.185. The van der Waals surface area contributed by atoms with E-state index in [0.717, 1.165) is 24.9 Å². The summed E-state index contributed by atoms with van der Waals surface area (Å²) in [7, 11) is 3.70. The fourth-order valence-electron chi connectivity index (χ4n) is 5.69. The number of aliphatic hydroxyl groups is 1. The minimum absolute atomic E-state index is 0. The minimum Gasteiger partial charge on any atom is -0.493 e. The van der Waals surface area contributed by atoms with E-state index in [2.05, 4.69) is 18.0 Å². The van der Waals surface area contributed by atoms with Gasteiger partial charge in [0.25, 0.3) is 0 Å². The Morgan fingerprint density at radius 1 is 1.36 bits per heavy atom. The summed E-state index contributed by atoms with van der Waals surface area (Å²) in [6.07, 6.45) is 1.89. The number of nitrogens with zero attached hydrogens (tertiary/aromatic N) is 1. The summed E-state index contributed by atoms with van der Waals surface area (Å²) < 4.78 is 11.6. The van der Waals surface area contributed by atoms with Gasteiger partial charge in [0.05, 0.1) is 18.1 Å². The molecule has 4 aliphatic rings. The van der Waals surface area contributed by atoms with Gasteiger partial charge in [-0.05, 0) is 44.5 Å². The largest absolute Gasteiger partial charge is 0.493 e. The second-order valence-electron chi connectivity index (χ2n) is 7.44. The van der Waals surface area contributed by atoms with Gasteiger partial charge < -0.3 is 25.0 Å². The molecule has 7 heteroatoms. The van der Waals surface area contributed by atoms with Crippen LogP contribution in [0.15, 0.2) is 12.1 Å². The van der Waals surface area contributed by atoms with Gasteiger partial charge in [-0.3, -0.25) is 4.79 Å². The lowest BCUT2D eigenvalue weighted by Gasteiger charge is -2.62. The molecule has 2 bridgehead atoms. The number of halogens is 1. The van der Waals surface area contributed by atoms with E-state index in [1.807, 2.05) is 6.07 Å². The molecule has 0 unspecified atom stereocenters. The predicted octanol–water partition coefficient (Wildman–Crippen LogP) is 0.645. The summed E-state index contributed by atoms with van der Waals surface area (Å²) in [5.74, 6) is 1.47. The van der Waals surface area contributed by atoms with Gasteiger partial charge in [0.2, 0.25) is 0 Å². The maximum absolute atomic E-state index is 12.7. The Labute approximate surface area is 152 Å². The summed E-state index contributed by atoms with van der Waals surface area (Å²) >= 11 is 0. The number of methoxy groups -OCH3 is 1. The van der Waals surface area contributed by atoms with E-state index < -0.39 is 17.1 Å². The topological polar surface area (TPSA) is 90.5 Å². The molecule has 0 aromatic heterocycles. The lowest BCUT2D eigenvalue weighted by atomic mass is 9.49. The molecule has 6 nitrogen and oxygen atoms in total. The van der Waals surface area contributed by atoms with Crippen LogP contribution < -0.4 is 9.47 Å². The van der Waals surface area contributed by atoms with Gasteiger partial charge in [0.1, 0.15) is 0 Å². The quantitative estimate of drug-likeness (QED) is 0.784. The molecule has 138 valence electrons. The van der Waals surface area contributed by atoms with E-state index in [-0.39, 0.29) is 29.7 Å². The number of carbonyl (C=O) groups is 1. The van der Waals surface area contributed by atoms with Crippen molar-refractivity contribution in [3.63, 3.8) is 0 Å². The molecule has 0 radical (unpaired) electrons. The Balaban J connectivity index is 0.000000911. The Bertz CT molecular complexity index is 740. The standard InChI is InChI=1S/C18H21NO4.ClH.H2O/c1-19-8-7-17-14-10-3-4-12(22-2)15(14)23-16(17)11(20)5-6-18(17,21)13(19)9-10;;/h3-4,13,16,21H,5-9H2,1-2H3;1H;1H2/t13-,16+,17+,18-;;/m1../s1. The molecule has 5 rings (SSSR count). The number of piperidine rings is 1. The van der Waals surface area contributed by atoms with Crippen LogP contribution in [0.5, 0.6) is 11.5 Å². The Morgan fingerprint density at radius 2 is 2.12 bits per heavy atom. The molecule has 3 N–H and O–H groups in total. The molecule has 1 aromatic carbocycles. The monoisotopic (exact) mass is 369 g/mol. The van der Waals surface area contributed by atoms with Crippen molar-refractivity contribution in [3.05, 3.63) is 23.3 Å². The number of hydrogen-bond acceptors (Lipinski definition) is 5. The van der Waals surface area contributed by atoms with E-state index in [0.29, 0.717) is 24.3 Å². The number of likely N-dealkylation sites (tertiary alicyclic amines) is 1. The molecule has 1 saturated carbocycles. The number of ketones is 1. The third kappa shape index (κ3) is 1.83. The maximum Gasteiger partial charge on any atom is 0.174 e. The first-order valence-electron chi connectivity index (χ1n) is 8.35. The van der Waals surface area contributed by atoms with E-state index in [1.54, 1.807) is 7.11 Å². The zero-order valence-corrected chi connectivity index (χ0v) is 15.2. The summed E-state index contributed by atoms with van der Waals surface area (Å²) in [5, 5.41) is 11.7. The number of likely N-dealkylation sites (N-methyl/N-ethyl adjacent to an activating group) is 1. The third-order valence-corrected chi connectivity index (χ3v) is 6.73. The highest BCUT2D eigenvalue weighted by atomic mass is 35.5. The number of benzene rings is 1. The number of hydrogen-bond donors (Lipinski definition) is 1. The molecular weight excluding hydrogens is 346 g/mol. The third-order valence-electron chi connectivity index (χ3n) is 6.73. The Morgan fingerprint density at radius 3 is 2.84 bits per heavy atom. The van der Waals surface area contributed by atoms with Crippen LogP contribution in [0.25, 0.3) is 0 Å². The van der Waals surface area contributed by atoms with E-state index >= 15 is 0 Å². The molecule has 25 heavy (non-hydrogen) atoms. The van der Waals surface area contributed by atoms with Crippen molar-refractivity contribution in [2.75, 3.05) is 20.7 Å². The zero-order valence-electron chi connectivity index (χ0n) is 14.4. The van der Waals surface area contributed by atoms with Crippen molar-refractivity contribution in [1.29, 1.82) is 0 Å². The number of Topliss-reactive ketones (excluding diaryl/α,β-unsaturated/α-hetero) is 1.